The molecule has 2 aromatic rings. The Morgan fingerprint density at radius 3 is 3.00 bits per heavy atom. The smallest absolute Gasteiger partial charge is 0.180 e. The van der Waals surface area contributed by atoms with E-state index in [0.717, 1.165) is 17.9 Å². The Balaban J connectivity index is 2.10. The molecule has 2 rings (SSSR count). The maximum Gasteiger partial charge on any atom is 0.180 e. The third-order valence-corrected chi connectivity index (χ3v) is 1.75. The first kappa shape index (κ1) is 7.90. The Bertz CT molecular complexity index is 362. The Morgan fingerprint density at radius 2 is 2.38 bits per heavy atom. The molecule has 0 aliphatic heterocycles. The van der Waals surface area contributed by atoms with Gasteiger partial charge in [0.05, 0.1) is 6.42 Å². The van der Waals surface area contributed by atoms with Gasteiger partial charge < -0.3 is 4.98 Å². The van der Waals surface area contributed by atoms with Gasteiger partial charge in [0.2, 0.25) is 0 Å². The lowest BCUT2D eigenvalue weighted by atomic mass is 10.3. The average molecular weight is 178 g/mol. The van der Waals surface area contributed by atoms with E-state index >= 15 is 0 Å². The molecule has 0 radical (unpaired) electrons. The van der Waals surface area contributed by atoms with Gasteiger partial charge >= 0.3 is 0 Å². The van der Waals surface area contributed by atoms with Crippen molar-refractivity contribution in [3.05, 3.63) is 23.5 Å². The molecule has 0 aromatic carbocycles. The van der Waals surface area contributed by atoms with Crippen LogP contribution in [0.2, 0.25) is 0 Å². The Hall–Kier alpha value is -1.72. The van der Waals surface area contributed by atoms with Crippen LogP contribution in [-0.4, -0.2) is 30.6 Å². The number of aryl methyl sites for hydroxylation is 1. The highest BCUT2D eigenvalue weighted by molar-refractivity contribution is 5.06. The summed E-state index contributed by atoms with van der Waals surface area (Å²) in [7, 11) is 0. The zero-order chi connectivity index (χ0) is 9.10. The quantitative estimate of drug-likeness (QED) is 0.697. The lowest BCUT2D eigenvalue weighted by Gasteiger charge is -1.89. The summed E-state index contributed by atoms with van der Waals surface area (Å²) in [5, 5.41) is 13.6. The van der Waals surface area contributed by atoms with Gasteiger partial charge in [-0.25, -0.2) is 4.98 Å². The van der Waals surface area contributed by atoms with Crippen LogP contribution < -0.4 is 0 Å². The normalized spacial score (nSPS) is 10.5. The summed E-state index contributed by atoms with van der Waals surface area (Å²) >= 11 is 0. The number of hydrogen-bond donors (Lipinski definition) is 2. The largest absolute Gasteiger partial charge is 0.346 e. The Kier molecular flexibility index (Phi) is 2.03. The zero-order valence-electron chi connectivity index (χ0n) is 7.28. The van der Waals surface area contributed by atoms with Crippen LogP contribution in [0.25, 0.3) is 0 Å². The van der Waals surface area contributed by atoms with Crippen molar-refractivity contribution in [3.63, 3.8) is 0 Å². The van der Waals surface area contributed by atoms with Crippen molar-refractivity contribution in [2.24, 2.45) is 0 Å². The third kappa shape index (κ3) is 1.71. The molecular formula is C7H10N6. The Morgan fingerprint density at radius 1 is 1.46 bits per heavy atom. The average Bonchev–Trinajstić information content (AvgIpc) is 2.76. The topological polar surface area (TPSA) is 83.1 Å². The van der Waals surface area contributed by atoms with Crippen molar-refractivity contribution in [1.82, 2.24) is 30.6 Å². The van der Waals surface area contributed by atoms with E-state index in [-0.39, 0.29) is 0 Å². The van der Waals surface area contributed by atoms with Crippen LogP contribution in [0.1, 0.15) is 24.3 Å². The third-order valence-electron chi connectivity index (χ3n) is 1.75. The second kappa shape index (κ2) is 3.34. The molecule has 0 bridgehead atoms. The van der Waals surface area contributed by atoms with Gasteiger partial charge in [0.1, 0.15) is 5.82 Å². The van der Waals surface area contributed by atoms with Crippen LogP contribution in [0.4, 0.5) is 0 Å². The van der Waals surface area contributed by atoms with Gasteiger partial charge in [0.15, 0.2) is 5.82 Å². The molecule has 0 saturated carbocycles. The number of aromatic nitrogens is 6. The lowest BCUT2D eigenvalue weighted by molar-refractivity contribution is 0.881. The zero-order valence-corrected chi connectivity index (χ0v) is 7.28. The number of aromatic amines is 2. The molecular weight excluding hydrogens is 168 g/mol. The van der Waals surface area contributed by atoms with Gasteiger partial charge in [-0.3, -0.25) is 0 Å². The molecule has 6 nitrogen and oxygen atoms in total. The highest BCUT2D eigenvalue weighted by atomic mass is 15.5. The molecule has 6 heteroatoms. The summed E-state index contributed by atoms with van der Waals surface area (Å²) in [5.41, 5.74) is 1.01. The monoisotopic (exact) mass is 178 g/mol. The van der Waals surface area contributed by atoms with E-state index in [1.165, 1.54) is 0 Å². The summed E-state index contributed by atoms with van der Waals surface area (Å²) in [4.78, 5) is 7.34. The molecule has 68 valence electrons. The van der Waals surface area contributed by atoms with Crippen molar-refractivity contribution < 1.29 is 0 Å². The minimum absolute atomic E-state index is 0.642. The van der Waals surface area contributed by atoms with Gasteiger partial charge in [0, 0.05) is 18.3 Å². The fourth-order valence-corrected chi connectivity index (χ4v) is 1.10. The molecule has 0 aliphatic rings. The number of rotatable bonds is 3. The molecule has 2 N–H and O–H groups in total. The van der Waals surface area contributed by atoms with Crippen LogP contribution in [0.15, 0.2) is 6.20 Å². The van der Waals surface area contributed by atoms with Crippen molar-refractivity contribution in [2.45, 2.75) is 19.8 Å². The molecule has 13 heavy (non-hydrogen) atoms. The van der Waals surface area contributed by atoms with E-state index in [2.05, 4.69) is 37.5 Å². The number of nitrogens with one attached hydrogen (secondary N) is 2. The first-order chi connectivity index (χ1) is 6.38. The molecule has 0 spiro atoms. The first-order valence-electron chi connectivity index (χ1n) is 4.13. The summed E-state index contributed by atoms with van der Waals surface area (Å²) in [5.74, 6) is 1.66. The Labute approximate surface area is 74.8 Å². The number of tetrazole rings is 1. The van der Waals surface area contributed by atoms with Gasteiger partial charge in [-0.2, -0.15) is 5.21 Å². The number of nitrogens with zero attached hydrogens (tertiary/aromatic N) is 4. The van der Waals surface area contributed by atoms with E-state index in [4.69, 9.17) is 0 Å². The molecule has 2 heterocycles. The van der Waals surface area contributed by atoms with E-state index in [1.807, 2.05) is 0 Å². The van der Waals surface area contributed by atoms with Gasteiger partial charge in [0.25, 0.3) is 0 Å². The van der Waals surface area contributed by atoms with Crippen LogP contribution in [0.5, 0.6) is 0 Å². The van der Waals surface area contributed by atoms with Crippen LogP contribution in [0.3, 0.4) is 0 Å². The predicted molar refractivity (Wildman–Crippen MR) is 44.9 cm³/mol. The fraction of sp³-hybridized carbons (Fsp3) is 0.429. The van der Waals surface area contributed by atoms with Crippen LogP contribution in [-0.2, 0) is 12.8 Å². The molecule has 0 saturated heterocycles. The molecule has 0 fully saturated rings. The number of H-pyrrole nitrogens is 2. The molecule has 0 atom stereocenters. The molecule has 2 aromatic heterocycles. The van der Waals surface area contributed by atoms with E-state index in [9.17, 15) is 0 Å². The van der Waals surface area contributed by atoms with Gasteiger partial charge in [-0.05, 0) is 0 Å². The van der Waals surface area contributed by atoms with Crippen molar-refractivity contribution in [1.29, 1.82) is 0 Å². The molecule has 0 amide bonds. The minimum atomic E-state index is 0.642. The SMILES string of the molecule is CCc1ncc(Cc2nn[nH]n2)[nH]1. The number of hydrogen-bond acceptors (Lipinski definition) is 4. The maximum atomic E-state index is 4.17. The summed E-state index contributed by atoms with van der Waals surface area (Å²) < 4.78 is 0. The number of imidazole rings is 1. The van der Waals surface area contributed by atoms with Gasteiger partial charge in [-0.15, -0.1) is 10.2 Å². The highest BCUT2D eigenvalue weighted by Gasteiger charge is 2.03. The minimum Gasteiger partial charge on any atom is -0.346 e. The maximum absolute atomic E-state index is 4.17. The van der Waals surface area contributed by atoms with Crippen LogP contribution in [0, 0.1) is 0 Å². The summed E-state index contributed by atoms with van der Waals surface area (Å²) in [6.45, 7) is 2.05. The highest BCUT2D eigenvalue weighted by Crippen LogP contribution is 2.01. The molecule has 0 unspecified atom stereocenters. The standard InChI is InChI=1S/C7H10N6/c1-2-6-8-4-5(9-6)3-7-10-12-13-11-7/h4H,2-3H2,1H3,(H,8,9)(H,10,11,12,13). The first-order valence-corrected chi connectivity index (χ1v) is 4.13. The van der Waals surface area contributed by atoms with E-state index < -0.39 is 0 Å². The van der Waals surface area contributed by atoms with E-state index in [1.54, 1.807) is 6.20 Å². The lowest BCUT2D eigenvalue weighted by Crippen LogP contribution is -1.91. The molecule has 0 aliphatic carbocycles. The van der Waals surface area contributed by atoms with Gasteiger partial charge in [-0.1, -0.05) is 12.1 Å². The second-order valence-electron chi connectivity index (χ2n) is 2.71. The fourth-order valence-electron chi connectivity index (χ4n) is 1.10. The van der Waals surface area contributed by atoms with Crippen molar-refractivity contribution in [2.75, 3.05) is 0 Å². The van der Waals surface area contributed by atoms with Crippen LogP contribution >= 0.6 is 0 Å². The summed E-state index contributed by atoms with van der Waals surface area (Å²) in [6.07, 6.45) is 3.35. The van der Waals surface area contributed by atoms with Crippen molar-refractivity contribution >= 4 is 0 Å². The van der Waals surface area contributed by atoms with E-state index in [0.29, 0.717) is 12.2 Å². The van der Waals surface area contributed by atoms with Crippen molar-refractivity contribution in [3.8, 4) is 0 Å². The summed E-state index contributed by atoms with van der Waals surface area (Å²) in [6, 6.07) is 0. The second-order valence-corrected chi connectivity index (χ2v) is 2.71. The predicted octanol–water partition coefficient (Wildman–Crippen LogP) is 0.0760.